The highest BCUT2D eigenvalue weighted by atomic mass is 32.2. The molecule has 3 rings (SSSR count). The lowest BCUT2D eigenvalue weighted by molar-refractivity contribution is -0.384. The minimum Gasteiger partial charge on any atom is -0.478 e. The molecule has 1 heterocycles. The van der Waals surface area contributed by atoms with E-state index >= 15 is 0 Å². The van der Waals surface area contributed by atoms with Crippen LogP contribution in [0.3, 0.4) is 0 Å². The van der Waals surface area contributed by atoms with Gasteiger partial charge in [-0.15, -0.1) is 12.6 Å². The number of nitro benzene ring substituents is 1. The highest BCUT2D eigenvalue weighted by molar-refractivity contribution is 7.96. The van der Waals surface area contributed by atoms with Gasteiger partial charge in [-0.1, -0.05) is 0 Å². The Balaban J connectivity index is 1.79. The summed E-state index contributed by atoms with van der Waals surface area (Å²) in [7, 11) is -4.81. The molecule has 1 saturated heterocycles. The number of aromatic carboxylic acids is 1. The molecule has 0 saturated carbocycles. The van der Waals surface area contributed by atoms with Gasteiger partial charge in [0.2, 0.25) is 5.91 Å². The van der Waals surface area contributed by atoms with Gasteiger partial charge < -0.3 is 15.2 Å². The molecule has 0 unspecified atom stereocenters. The first-order valence-electron chi connectivity index (χ1n) is 10.8. The number of thiol groups is 1. The molecule has 0 aromatic heterocycles. The first-order valence-corrected chi connectivity index (χ1v) is 12.7. The number of amides is 2. The fourth-order valence-corrected chi connectivity index (χ4v) is 4.69. The number of nitrogens with zero attached hydrogens (tertiary/aromatic N) is 2. The lowest BCUT2D eigenvalue weighted by Gasteiger charge is -2.23. The van der Waals surface area contributed by atoms with Crippen LogP contribution in [0, 0.1) is 16.0 Å². The van der Waals surface area contributed by atoms with E-state index in [0.29, 0.717) is 11.6 Å². The van der Waals surface area contributed by atoms with Crippen LogP contribution in [0.2, 0.25) is 0 Å². The van der Waals surface area contributed by atoms with Gasteiger partial charge in [-0.25, -0.2) is 9.59 Å². The standard InChI is InChI=1S/C22H21N3O11S2/c26-19(37)6-13-5-18(20(27)23-15-7-14(21(28)29)8-17(9-15)38(33,34)35)24(10-13)22(30)36-11-12-1-3-16(4-2-12)25(31)32/h1-4,7-9,13,18H,5-6,10-11H2,(H,23,27)(H,26,37)(H,28,29)(H,33,34,35)/t13-,18-/m0/s1. The van der Waals surface area contributed by atoms with Crippen LogP contribution in [0.1, 0.15) is 28.8 Å². The van der Waals surface area contributed by atoms with E-state index in [2.05, 4.69) is 17.9 Å². The number of anilines is 1. The summed E-state index contributed by atoms with van der Waals surface area (Å²) in [5, 5.41) is 21.9. The Bertz CT molecular complexity index is 1390. The first kappa shape index (κ1) is 28.5. The Morgan fingerprint density at radius 1 is 1.16 bits per heavy atom. The van der Waals surface area contributed by atoms with Crippen molar-refractivity contribution < 1.29 is 46.9 Å². The van der Waals surface area contributed by atoms with Gasteiger partial charge in [-0.2, -0.15) is 8.42 Å². The maximum absolute atomic E-state index is 13.1. The summed E-state index contributed by atoms with van der Waals surface area (Å²) in [5.74, 6) is -2.80. The molecule has 1 aliphatic heterocycles. The topological polar surface area (TPSA) is 211 Å². The number of likely N-dealkylation sites (tertiary alicyclic amines) is 1. The summed E-state index contributed by atoms with van der Waals surface area (Å²) in [4.78, 5) is 59.3. The predicted octanol–water partition coefficient (Wildman–Crippen LogP) is 2.35. The molecule has 2 amide bonds. The largest absolute Gasteiger partial charge is 0.478 e. The molecule has 0 aliphatic carbocycles. The number of benzene rings is 2. The minimum atomic E-state index is -4.81. The molecule has 1 fully saturated rings. The minimum absolute atomic E-state index is 0.0224. The van der Waals surface area contributed by atoms with E-state index in [0.717, 1.165) is 17.0 Å². The number of hydrogen-bond donors (Lipinski definition) is 4. The molecule has 14 nitrogen and oxygen atoms in total. The van der Waals surface area contributed by atoms with Crippen LogP contribution in [-0.4, -0.2) is 63.6 Å². The number of carbonyl (C=O) groups is 4. The van der Waals surface area contributed by atoms with Gasteiger partial charge in [-0.05, 0) is 48.2 Å². The predicted molar refractivity (Wildman–Crippen MR) is 132 cm³/mol. The second kappa shape index (κ2) is 11.6. The summed E-state index contributed by atoms with van der Waals surface area (Å²) < 4.78 is 37.6. The Morgan fingerprint density at radius 2 is 1.82 bits per heavy atom. The summed E-state index contributed by atoms with van der Waals surface area (Å²) in [6, 6.07) is 6.59. The molecule has 0 bridgehead atoms. The van der Waals surface area contributed by atoms with Crippen molar-refractivity contribution in [1.29, 1.82) is 0 Å². The molecule has 202 valence electrons. The zero-order chi connectivity index (χ0) is 28.2. The van der Waals surface area contributed by atoms with Crippen LogP contribution in [0.25, 0.3) is 0 Å². The summed E-state index contributed by atoms with van der Waals surface area (Å²) in [6.45, 7) is -0.314. The van der Waals surface area contributed by atoms with Crippen LogP contribution >= 0.6 is 12.6 Å². The van der Waals surface area contributed by atoms with Gasteiger partial charge in [0.1, 0.15) is 12.6 Å². The average molecular weight is 568 g/mol. The van der Waals surface area contributed by atoms with Gasteiger partial charge >= 0.3 is 12.1 Å². The molecular formula is C22H21N3O11S2. The second-order valence-corrected chi connectivity index (χ2v) is 10.3. The molecule has 0 spiro atoms. The number of rotatable bonds is 9. The quantitative estimate of drug-likeness (QED) is 0.149. The van der Waals surface area contributed by atoms with Crippen molar-refractivity contribution in [2.45, 2.75) is 30.4 Å². The molecule has 38 heavy (non-hydrogen) atoms. The number of carboxylic acids is 1. The Labute approximate surface area is 220 Å². The lowest BCUT2D eigenvalue weighted by atomic mass is 10.0. The Hall–Kier alpha value is -4.02. The maximum atomic E-state index is 13.1. The van der Waals surface area contributed by atoms with E-state index in [4.69, 9.17) is 4.74 Å². The van der Waals surface area contributed by atoms with Crippen molar-refractivity contribution in [2.75, 3.05) is 11.9 Å². The summed E-state index contributed by atoms with van der Waals surface area (Å²) in [6.07, 6.45) is -0.954. The fraction of sp³-hybridized carbons (Fsp3) is 0.273. The number of ether oxygens (including phenoxy) is 1. The molecule has 0 radical (unpaired) electrons. The third-order valence-corrected chi connectivity index (χ3v) is 6.63. The SMILES string of the molecule is O=C(S)C[C@@H]1C[C@@H](C(=O)Nc2cc(C(=O)O)cc(S(=O)(=O)O)c2)N(C(=O)OCc2ccc([N+](=O)[O-])cc2)C1. The second-order valence-electron chi connectivity index (χ2n) is 8.36. The van der Waals surface area contributed by atoms with Gasteiger partial charge in [0.15, 0.2) is 5.12 Å². The van der Waals surface area contributed by atoms with Gasteiger partial charge in [0, 0.05) is 30.8 Å². The van der Waals surface area contributed by atoms with Crippen molar-refractivity contribution in [2.24, 2.45) is 5.92 Å². The number of carbonyl (C=O) groups excluding carboxylic acids is 3. The number of carboxylic acid groups (broad SMARTS) is 1. The fourth-order valence-electron chi connectivity index (χ4n) is 3.88. The Morgan fingerprint density at radius 3 is 2.37 bits per heavy atom. The van der Waals surface area contributed by atoms with Gasteiger partial charge in [0.25, 0.3) is 15.8 Å². The number of nitro groups is 1. The van der Waals surface area contributed by atoms with E-state index in [1.165, 1.54) is 24.3 Å². The van der Waals surface area contributed by atoms with Crippen LogP contribution in [0.4, 0.5) is 16.2 Å². The van der Waals surface area contributed by atoms with Crippen LogP contribution < -0.4 is 5.32 Å². The van der Waals surface area contributed by atoms with Gasteiger partial charge in [0.05, 0.1) is 15.4 Å². The Kier molecular flexibility index (Phi) is 8.70. The lowest BCUT2D eigenvalue weighted by Crippen LogP contribution is -2.43. The van der Waals surface area contributed by atoms with Crippen molar-refractivity contribution >= 4 is 57.2 Å². The van der Waals surface area contributed by atoms with Crippen molar-refractivity contribution in [3.8, 4) is 0 Å². The van der Waals surface area contributed by atoms with Crippen LogP contribution in [-0.2, 0) is 31.1 Å². The third-order valence-electron chi connectivity index (χ3n) is 5.62. The zero-order valence-electron chi connectivity index (χ0n) is 19.3. The highest BCUT2D eigenvalue weighted by Crippen LogP contribution is 2.29. The van der Waals surface area contributed by atoms with Crippen molar-refractivity contribution in [1.82, 2.24) is 4.90 Å². The molecule has 2 aromatic rings. The average Bonchev–Trinajstić information content (AvgIpc) is 3.25. The van der Waals surface area contributed by atoms with E-state index in [1.807, 2.05) is 0 Å². The normalized spacial score (nSPS) is 17.1. The van der Waals surface area contributed by atoms with E-state index < -0.39 is 60.5 Å². The molecule has 16 heteroatoms. The van der Waals surface area contributed by atoms with Gasteiger partial charge in [-0.3, -0.25) is 29.2 Å². The van der Waals surface area contributed by atoms with Crippen molar-refractivity contribution in [3.63, 3.8) is 0 Å². The summed E-state index contributed by atoms with van der Waals surface area (Å²) in [5.41, 5.74) is -0.510. The molecule has 2 aromatic carbocycles. The number of hydrogen-bond acceptors (Lipinski definition) is 9. The van der Waals surface area contributed by atoms with E-state index in [9.17, 15) is 47.4 Å². The highest BCUT2D eigenvalue weighted by Gasteiger charge is 2.41. The molecular weight excluding hydrogens is 546 g/mol. The first-order chi connectivity index (χ1) is 17.7. The number of nitrogens with one attached hydrogen (secondary N) is 1. The van der Waals surface area contributed by atoms with E-state index in [-0.39, 0.29) is 37.4 Å². The monoisotopic (exact) mass is 567 g/mol. The molecule has 3 N–H and O–H groups in total. The van der Waals surface area contributed by atoms with Crippen LogP contribution in [0.5, 0.6) is 0 Å². The van der Waals surface area contributed by atoms with Crippen molar-refractivity contribution in [3.05, 3.63) is 63.7 Å². The molecule has 1 aliphatic rings. The molecule has 2 atom stereocenters. The summed E-state index contributed by atoms with van der Waals surface area (Å²) >= 11 is 3.74. The van der Waals surface area contributed by atoms with E-state index in [1.54, 1.807) is 0 Å². The smallest absolute Gasteiger partial charge is 0.410 e. The zero-order valence-corrected chi connectivity index (χ0v) is 21.1. The third kappa shape index (κ3) is 7.27. The number of non-ortho nitro benzene ring substituents is 1. The van der Waals surface area contributed by atoms with Crippen LogP contribution in [0.15, 0.2) is 47.4 Å². The maximum Gasteiger partial charge on any atom is 0.410 e.